The molecule has 112 valence electrons. The van der Waals surface area contributed by atoms with Gasteiger partial charge in [-0.05, 0) is 69.9 Å². The van der Waals surface area contributed by atoms with Crippen molar-refractivity contribution < 1.29 is 0 Å². The van der Waals surface area contributed by atoms with Gasteiger partial charge >= 0.3 is 0 Å². The second kappa shape index (κ2) is 6.68. The molecule has 0 saturated carbocycles. The van der Waals surface area contributed by atoms with Crippen LogP contribution in [-0.2, 0) is 0 Å². The van der Waals surface area contributed by atoms with Crippen molar-refractivity contribution >= 4 is 0 Å². The number of likely N-dealkylation sites (tertiary alicyclic amines) is 1. The summed E-state index contributed by atoms with van der Waals surface area (Å²) in [5, 5.41) is 3.60. The largest absolute Gasteiger partial charge is 0.311 e. The van der Waals surface area contributed by atoms with Crippen LogP contribution in [0.25, 0.3) is 0 Å². The van der Waals surface area contributed by atoms with Crippen LogP contribution in [0.1, 0.15) is 56.7 Å². The predicted molar refractivity (Wildman–Crippen MR) is 84.9 cm³/mol. The minimum Gasteiger partial charge on any atom is -0.311 e. The molecule has 1 aromatic heterocycles. The van der Waals surface area contributed by atoms with E-state index in [-0.39, 0.29) is 5.54 Å². The van der Waals surface area contributed by atoms with Crippen LogP contribution in [0.3, 0.4) is 0 Å². The van der Waals surface area contributed by atoms with Gasteiger partial charge in [0, 0.05) is 17.9 Å². The zero-order valence-corrected chi connectivity index (χ0v) is 13.4. The average Bonchev–Trinajstić information content (AvgIpc) is 3.01. The molecule has 1 N–H and O–H groups in total. The quantitative estimate of drug-likeness (QED) is 0.863. The van der Waals surface area contributed by atoms with Gasteiger partial charge in [0.15, 0.2) is 0 Å². The Hall–Kier alpha value is -0.930. The summed E-state index contributed by atoms with van der Waals surface area (Å²) in [6, 6.07) is 2.48. The lowest BCUT2D eigenvalue weighted by Gasteiger charge is -2.47. The fourth-order valence-electron chi connectivity index (χ4n) is 3.94. The minimum absolute atomic E-state index is 0.207. The van der Waals surface area contributed by atoms with E-state index in [1.807, 2.05) is 12.4 Å². The van der Waals surface area contributed by atoms with E-state index < -0.39 is 0 Å². The Balaban J connectivity index is 2.42. The van der Waals surface area contributed by atoms with Gasteiger partial charge < -0.3 is 5.32 Å². The molecule has 0 aliphatic carbocycles. The molecule has 0 bridgehead atoms. The fraction of sp³-hybridized carbons (Fsp3) is 0.706. The number of pyridine rings is 1. The van der Waals surface area contributed by atoms with Gasteiger partial charge in [0.25, 0.3) is 0 Å². The summed E-state index contributed by atoms with van der Waals surface area (Å²) >= 11 is 0. The Bertz CT molecular complexity index is 420. The summed E-state index contributed by atoms with van der Waals surface area (Å²) in [5.74, 6) is 0. The molecule has 1 atom stereocenters. The molecule has 3 heteroatoms. The Kier molecular flexibility index (Phi) is 5.17. The first-order valence-corrected chi connectivity index (χ1v) is 8.02. The Morgan fingerprint density at radius 1 is 1.30 bits per heavy atom. The summed E-state index contributed by atoms with van der Waals surface area (Å²) in [7, 11) is 2.09. The molecular formula is C17H29N3. The van der Waals surface area contributed by atoms with Crippen molar-refractivity contribution in [2.45, 2.75) is 58.0 Å². The van der Waals surface area contributed by atoms with Crippen molar-refractivity contribution in [3.05, 3.63) is 29.6 Å². The van der Waals surface area contributed by atoms with Gasteiger partial charge in [0.2, 0.25) is 0 Å². The number of aryl methyl sites for hydroxylation is 1. The van der Waals surface area contributed by atoms with Crippen LogP contribution < -0.4 is 5.32 Å². The zero-order valence-electron chi connectivity index (χ0n) is 13.4. The van der Waals surface area contributed by atoms with Crippen LogP contribution in [-0.4, -0.2) is 35.6 Å². The lowest BCUT2D eigenvalue weighted by molar-refractivity contribution is 0.0643. The first-order valence-electron chi connectivity index (χ1n) is 8.02. The van der Waals surface area contributed by atoms with Crippen molar-refractivity contribution in [1.82, 2.24) is 15.2 Å². The van der Waals surface area contributed by atoms with Crippen molar-refractivity contribution in [2.75, 3.05) is 20.1 Å². The van der Waals surface area contributed by atoms with Gasteiger partial charge in [0.1, 0.15) is 0 Å². The van der Waals surface area contributed by atoms with Crippen molar-refractivity contribution in [1.29, 1.82) is 0 Å². The molecule has 20 heavy (non-hydrogen) atoms. The van der Waals surface area contributed by atoms with E-state index in [4.69, 9.17) is 0 Å². The maximum absolute atomic E-state index is 4.36. The molecule has 1 saturated heterocycles. The third-order valence-corrected chi connectivity index (χ3v) is 5.18. The number of nitrogens with one attached hydrogen (secondary N) is 1. The highest BCUT2D eigenvalue weighted by Gasteiger charge is 2.42. The second-order valence-corrected chi connectivity index (χ2v) is 5.96. The lowest BCUT2D eigenvalue weighted by atomic mass is 9.78. The number of likely N-dealkylation sites (N-methyl/N-ethyl adjacent to an activating group) is 1. The molecule has 0 spiro atoms. The van der Waals surface area contributed by atoms with Crippen LogP contribution >= 0.6 is 0 Å². The Morgan fingerprint density at radius 3 is 2.45 bits per heavy atom. The molecule has 1 aliphatic heterocycles. The van der Waals surface area contributed by atoms with Crippen LogP contribution in [0.15, 0.2) is 18.5 Å². The predicted octanol–water partition coefficient (Wildman–Crippen LogP) is 3.31. The normalized spacial score (nSPS) is 18.4. The Labute approximate surface area is 123 Å². The van der Waals surface area contributed by atoms with Crippen LogP contribution in [0.4, 0.5) is 0 Å². The van der Waals surface area contributed by atoms with E-state index in [0.29, 0.717) is 6.04 Å². The van der Waals surface area contributed by atoms with E-state index in [2.05, 4.69) is 49.1 Å². The maximum atomic E-state index is 4.36. The average molecular weight is 275 g/mol. The molecule has 0 radical (unpaired) electrons. The summed E-state index contributed by atoms with van der Waals surface area (Å²) in [6.45, 7) is 9.33. The Morgan fingerprint density at radius 2 is 1.95 bits per heavy atom. The van der Waals surface area contributed by atoms with Crippen LogP contribution in [0.5, 0.6) is 0 Å². The van der Waals surface area contributed by atoms with E-state index in [9.17, 15) is 0 Å². The smallest absolute Gasteiger partial charge is 0.0522 e. The lowest BCUT2D eigenvalue weighted by Crippen LogP contribution is -2.54. The molecule has 1 aromatic rings. The van der Waals surface area contributed by atoms with Crippen LogP contribution in [0, 0.1) is 6.92 Å². The molecule has 3 nitrogen and oxygen atoms in total. The van der Waals surface area contributed by atoms with Crippen molar-refractivity contribution in [3.8, 4) is 0 Å². The molecule has 1 aliphatic rings. The summed E-state index contributed by atoms with van der Waals surface area (Å²) in [6.07, 6.45) is 8.95. The highest BCUT2D eigenvalue weighted by molar-refractivity contribution is 5.29. The van der Waals surface area contributed by atoms with Crippen molar-refractivity contribution in [2.24, 2.45) is 0 Å². The molecule has 1 fully saturated rings. The van der Waals surface area contributed by atoms with Gasteiger partial charge in [-0.2, -0.15) is 0 Å². The second-order valence-electron chi connectivity index (χ2n) is 5.96. The van der Waals surface area contributed by atoms with E-state index >= 15 is 0 Å². The van der Waals surface area contributed by atoms with Gasteiger partial charge in [-0.3, -0.25) is 9.88 Å². The molecule has 2 heterocycles. The van der Waals surface area contributed by atoms with Crippen LogP contribution in [0.2, 0.25) is 0 Å². The van der Waals surface area contributed by atoms with Crippen molar-refractivity contribution in [3.63, 3.8) is 0 Å². The maximum Gasteiger partial charge on any atom is 0.0522 e. The number of hydrogen-bond acceptors (Lipinski definition) is 3. The van der Waals surface area contributed by atoms with Gasteiger partial charge in [0.05, 0.1) is 6.04 Å². The molecule has 1 unspecified atom stereocenters. The van der Waals surface area contributed by atoms with Gasteiger partial charge in [-0.1, -0.05) is 13.8 Å². The van der Waals surface area contributed by atoms with E-state index in [1.165, 1.54) is 49.9 Å². The molecule has 0 aromatic carbocycles. The summed E-state index contributed by atoms with van der Waals surface area (Å²) in [4.78, 5) is 7.07. The van der Waals surface area contributed by atoms with E-state index in [0.717, 1.165) is 0 Å². The monoisotopic (exact) mass is 275 g/mol. The number of hydrogen-bond donors (Lipinski definition) is 1. The highest BCUT2D eigenvalue weighted by Crippen LogP contribution is 2.39. The molecule has 0 amide bonds. The third-order valence-electron chi connectivity index (χ3n) is 5.18. The highest BCUT2D eigenvalue weighted by atomic mass is 15.2. The standard InChI is InChI=1S/C17H29N3/c1-5-17(6-2,20-11-7-8-12-20)16(18-4)15-13-19-10-9-14(15)3/h9-10,13,16,18H,5-8,11-12H2,1-4H3. The molecular weight excluding hydrogens is 246 g/mol. The summed E-state index contributed by atoms with van der Waals surface area (Å²) in [5.41, 5.74) is 2.90. The minimum atomic E-state index is 0.207. The van der Waals surface area contributed by atoms with Gasteiger partial charge in [-0.25, -0.2) is 0 Å². The number of rotatable bonds is 6. The summed E-state index contributed by atoms with van der Waals surface area (Å²) < 4.78 is 0. The fourth-order valence-corrected chi connectivity index (χ4v) is 3.94. The SMILES string of the molecule is CCC(CC)(C(NC)c1cnccc1C)N1CCCC1. The first-order chi connectivity index (χ1) is 9.69. The topological polar surface area (TPSA) is 28.2 Å². The third kappa shape index (κ3) is 2.61. The van der Waals surface area contributed by atoms with E-state index in [1.54, 1.807) is 0 Å². The molecule has 2 rings (SSSR count). The first kappa shape index (κ1) is 15.5. The number of aromatic nitrogens is 1. The zero-order chi connectivity index (χ0) is 14.6. The number of nitrogens with zero attached hydrogens (tertiary/aromatic N) is 2. The van der Waals surface area contributed by atoms with Gasteiger partial charge in [-0.15, -0.1) is 0 Å².